The molecule has 2 amide bonds. The lowest BCUT2D eigenvalue weighted by molar-refractivity contribution is -0.131. The van der Waals surface area contributed by atoms with E-state index in [2.05, 4.69) is 15.5 Å². The van der Waals surface area contributed by atoms with Gasteiger partial charge in [0.05, 0.1) is 20.3 Å². The molecule has 182 valence electrons. The Hall–Kier alpha value is -2.76. The second-order valence-electron chi connectivity index (χ2n) is 8.64. The molecule has 5 rings (SSSR count). The van der Waals surface area contributed by atoms with E-state index in [1.165, 1.54) is 11.3 Å². The molecule has 11 heteroatoms. The van der Waals surface area contributed by atoms with Crippen molar-refractivity contribution < 1.29 is 28.5 Å². The van der Waals surface area contributed by atoms with Crippen LogP contribution in [0.1, 0.15) is 54.7 Å². The zero-order chi connectivity index (χ0) is 23.5. The van der Waals surface area contributed by atoms with E-state index >= 15 is 0 Å². The van der Waals surface area contributed by atoms with E-state index in [-0.39, 0.29) is 36.7 Å². The fraction of sp³-hybridized carbons (Fsp3) is 0.565. The second kappa shape index (κ2) is 10.2. The first-order chi connectivity index (χ1) is 16.6. The van der Waals surface area contributed by atoms with Crippen molar-refractivity contribution >= 4 is 28.3 Å². The summed E-state index contributed by atoms with van der Waals surface area (Å²) in [4.78, 5) is 26.8. The van der Waals surface area contributed by atoms with Gasteiger partial charge in [0.2, 0.25) is 16.9 Å². The van der Waals surface area contributed by atoms with Crippen LogP contribution >= 0.6 is 11.3 Å². The maximum Gasteiger partial charge on any atom is 0.245 e. The van der Waals surface area contributed by atoms with Crippen molar-refractivity contribution in [3.8, 4) is 11.5 Å². The van der Waals surface area contributed by atoms with Crippen LogP contribution < -0.4 is 14.8 Å². The summed E-state index contributed by atoms with van der Waals surface area (Å²) >= 11 is 1.31. The summed E-state index contributed by atoms with van der Waals surface area (Å²) in [6.45, 7) is 1.84. The number of hydrogen-bond donors (Lipinski definition) is 1. The van der Waals surface area contributed by atoms with E-state index in [4.69, 9.17) is 18.9 Å². The Morgan fingerprint density at radius 1 is 1.21 bits per heavy atom. The summed E-state index contributed by atoms with van der Waals surface area (Å²) in [5.41, 5.74) is 0.968. The van der Waals surface area contributed by atoms with Gasteiger partial charge in [-0.05, 0) is 37.0 Å². The van der Waals surface area contributed by atoms with Crippen LogP contribution in [0.5, 0.6) is 11.5 Å². The normalized spacial score (nSPS) is 24.6. The molecule has 0 saturated carbocycles. The Kier molecular flexibility index (Phi) is 6.93. The molecule has 1 aromatic carbocycles. The van der Waals surface area contributed by atoms with Crippen LogP contribution in [0.3, 0.4) is 0 Å². The second-order valence-corrected chi connectivity index (χ2v) is 9.65. The van der Waals surface area contributed by atoms with Gasteiger partial charge < -0.3 is 23.8 Å². The molecular formula is C23H28N4O6S. The fourth-order valence-electron chi connectivity index (χ4n) is 4.49. The highest BCUT2D eigenvalue weighted by molar-refractivity contribution is 7.15. The molecule has 2 unspecified atom stereocenters. The summed E-state index contributed by atoms with van der Waals surface area (Å²) in [7, 11) is 1.60. The van der Waals surface area contributed by atoms with Crippen molar-refractivity contribution in [2.45, 2.75) is 50.4 Å². The molecule has 0 spiro atoms. The van der Waals surface area contributed by atoms with Crippen LogP contribution in [0.4, 0.5) is 5.13 Å². The molecule has 0 aliphatic carbocycles. The number of carbonyl (C=O) groups excluding carboxylic acids is 2. The van der Waals surface area contributed by atoms with Crippen molar-refractivity contribution in [3.63, 3.8) is 0 Å². The zero-order valence-electron chi connectivity index (χ0n) is 19.0. The van der Waals surface area contributed by atoms with Gasteiger partial charge in [0.25, 0.3) is 0 Å². The van der Waals surface area contributed by atoms with Gasteiger partial charge >= 0.3 is 0 Å². The first kappa shape index (κ1) is 23.0. The Balaban J connectivity index is 1.19. The summed E-state index contributed by atoms with van der Waals surface area (Å²) in [5.74, 6) is 0.842. The zero-order valence-corrected chi connectivity index (χ0v) is 19.8. The average Bonchev–Trinajstić information content (AvgIpc) is 3.63. The molecule has 3 aliphatic rings. The van der Waals surface area contributed by atoms with Gasteiger partial charge in [0.1, 0.15) is 11.1 Å². The molecule has 3 saturated heterocycles. The number of carbonyl (C=O) groups is 2. The number of anilines is 1. The molecule has 3 fully saturated rings. The van der Waals surface area contributed by atoms with Gasteiger partial charge in [-0.15, -0.1) is 10.2 Å². The maximum atomic E-state index is 12.6. The third-order valence-electron chi connectivity index (χ3n) is 6.25. The van der Waals surface area contributed by atoms with Crippen molar-refractivity contribution in [1.82, 2.24) is 15.1 Å². The smallest absolute Gasteiger partial charge is 0.245 e. The first-order valence-corrected chi connectivity index (χ1v) is 12.4. The van der Waals surface area contributed by atoms with Crippen LogP contribution in [0.25, 0.3) is 0 Å². The molecular weight excluding hydrogens is 460 g/mol. The lowest BCUT2D eigenvalue weighted by Gasteiger charge is -2.19. The van der Waals surface area contributed by atoms with Crippen LogP contribution in [-0.2, 0) is 19.1 Å². The van der Waals surface area contributed by atoms with E-state index < -0.39 is 0 Å². The molecule has 1 aromatic heterocycles. The standard InChI is InChI=1S/C23H28N4O6S/c1-30-16-7-6-14(10-18(16)33-21-5-3-9-32-21)15-11-20(29)27(12-15)13-19(28)24-23-26-25-22(34-23)17-4-2-8-31-17/h6-7,10,15,17,21H,2-5,8-9,11-13H2,1H3,(H,24,26,28)/t15-,17?,21?/m1/s1. The van der Waals surface area contributed by atoms with Gasteiger partial charge in [-0.25, -0.2) is 0 Å². The third-order valence-corrected chi connectivity index (χ3v) is 7.18. The summed E-state index contributed by atoms with van der Waals surface area (Å²) in [6, 6.07) is 5.70. The number of ether oxygens (including phenoxy) is 4. The highest BCUT2D eigenvalue weighted by Crippen LogP contribution is 2.36. The monoisotopic (exact) mass is 488 g/mol. The molecule has 1 N–H and O–H groups in total. The van der Waals surface area contributed by atoms with Crippen molar-refractivity contribution in [2.75, 3.05) is 38.7 Å². The molecule has 4 heterocycles. The van der Waals surface area contributed by atoms with E-state index in [1.807, 2.05) is 18.2 Å². The minimum Gasteiger partial charge on any atom is -0.493 e. The first-order valence-electron chi connectivity index (χ1n) is 11.6. The van der Waals surface area contributed by atoms with Crippen molar-refractivity contribution in [3.05, 3.63) is 28.8 Å². The molecule has 34 heavy (non-hydrogen) atoms. The summed E-state index contributed by atoms with van der Waals surface area (Å²) in [6.07, 6.45) is 3.73. The third kappa shape index (κ3) is 5.16. The number of amides is 2. The van der Waals surface area contributed by atoms with E-state index in [0.717, 1.165) is 42.9 Å². The Morgan fingerprint density at radius 2 is 2.06 bits per heavy atom. The highest BCUT2D eigenvalue weighted by Gasteiger charge is 2.33. The minimum absolute atomic E-state index is 0.0282. The van der Waals surface area contributed by atoms with E-state index in [1.54, 1.807) is 12.0 Å². The highest BCUT2D eigenvalue weighted by atomic mass is 32.1. The van der Waals surface area contributed by atoms with E-state index in [0.29, 0.717) is 36.2 Å². The predicted octanol–water partition coefficient (Wildman–Crippen LogP) is 2.87. The van der Waals surface area contributed by atoms with Crippen molar-refractivity contribution in [1.29, 1.82) is 0 Å². The molecule has 0 bridgehead atoms. The minimum atomic E-state index is -0.291. The Bertz CT molecular complexity index is 1030. The van der Waals surface area contributed by atoms with Gasteiger partial charge in [0.15, 0.2) is 17.8 Å². The topological polar surface area (TPSA) is 112 Å². The molecule has 10 nitrogen and oxygen atoms in total. The van der Waals surface area contributed by atoms with Gasteiger partial charge in [-0.2, -0.15) is 0 Å². The number of likely N-dealkylation sites (tertiary alicyclic amines) is 1. The SMILES string of the molecule is COc1ccc([C@@H]2CC(=O)N(CC(=O)Nc3nnc(C4CCCO4)s3)C2)cc1OC1CCCO1. The van der Waals surface area contributed by atoms with Gasteiger partial charge in [-0.3, -0.25) is 14.9 Å². The maximum absolute atomic E-state index is 12.6. The molecule has 2 aromatic rings. The van der Waals surface area contributed by atoms with Crippen LogP contribution in [0.2, 0.25) is 0 Å². The lowest BCUT2D eigenvalue weighted by atomic mass is 9.98. The fourth-order valence-corrected chi connectivity index (χ4v) is 5.33. The molecule has 3 atom stereocenters. The van der Waals surface area contributed by atoms with Gasteiger partial charge in [-0.1, -0.05) is 17.4 Å². The molecule has 0 radical (unpaired) electrons. The molecule has 3 aliphatic heterocycles. The van der Waals surface area contributed by atoms with Crippen LogP contribution in [0, 0.1) is 0 Å². The number of rotatable bonds is 8. The number of benzene rings is 1. The van der Waals surface area contributed by atoms with E-state index in [9.17, 15) is 9.59 Å². The van der Waals surface area contributed by atoms with Crippen LogP contribution in [0.15, 0.2) is 18.2 Å². The largest absolute Gasteiger partial charge is 0.493 e. The average molecular weight is 489 g/mol. The Labute approximate surface area is 201 Å². The van der Waals surface area contributed by atoms with Gasteiger partial charge in [0, 0.05) is 31.9 Å². The number of methoxy groups -OCH3 is 1. The quantitative estimate of drug-likeness (QED) is 0.604. The van der Waals surface area contributed by atoms with Crippen molar-refractivity contribution in [2.24, 2.45) is 0 Å². The predicted molar refractivity (Wildman–Crippen MR) is 123 cm³/mol. The number of hydrogen-bond acceptors (Lipinski definition) is 9. The Morgan fingerprint density at radius 3 is 2.82 bits per heavy atom. The van der Waals surface area contributed by atoms with Crippen LogP contribution in [-0.4, -0.2) is 66.6 Å². The summed E-state index contributed by atoms with van der Waals surface area (Å²) < 4.78 is 22.6. The number of nitrogens with zero attached hydrogens (tertiary/aromatic N) is 3. The lowest BCUT2D eigenvalue weighted by Crippen LogP contribution is -2.34. The summed E-state index contributed by atoms with van der Waals surface area (Å²) in [5, 5.41) is 12.1. The number of nitrogens with one attached hydrogen (secondary N) is 1. The number of aromatic nitrogens is 2.